The lowest BCUT2D eigenvalue weighted by Gasteiger charge is -2.39. The van der Waals surface area contributed by atoms with Crippen molar-refractivity contribution in [3.05, 3.63) is 0 Å². The maximum atomic E-state index is 12.2. The van der Waals surface area contributed by atoms with Gasteiger partial charge in [-0.3, -0.25) is 9.69 Å². The van der Waals surface area contributed by atoms with E-state index in [9.17, 15) is 9.59 Å². The van der Waals surface area contributed by atoms with Crippen LogP contribution in [-0.4, -0.2) is 65.8 Å². The smallest absolute Gasteiger partial charge is 0.410 e. The van der Waals surface area contributed by atoms with Crippen molar-refractivity contribution >= 4 is 12.1 Å². The molecule has 0 N–H and O–H groups in total. The van der Waals surface area contributed by atoms with Crippen molar-refractivity contribution in [1.29, 1.82) is 0 Å². The number of likely N-dealkylation sites (N-methyl/N-ethyl adjacent to an activating group) is 1. The van der Waals surface area contributed by atoms with E-state index in [2.05, 4.69) is 4.90 Å². The molecular formula is C16H28N2O4. The van der Waals surface area contributed by atoms with Gasteiger partial charge in [-0.15, -0.1) is 0 Å². The summed E-state index contributed by atoms with van der Waals surface area (Å²) in [6.45, 7) is 9.09. The van der Waals surface area contributed by atoms with Crippen molar-refractivity contribution in [3.63, 3.8) is 0 Å². The topological polar surface area (TPSA) is 59.1 Å². The second-order valence-electron chi connectivity index (χ2n) is 7.38. The van der Waals surface area contributed by atoms with Crippen molar-refractivity contribution < 1.29 is 19.1 Å². The summed E-state index contributed by atoms with van der Waals surface area (Å²) in [6, 6.07) is -0.0860. The number of esters is 1. The minimum absolute atomic E-state index is 0.0125. The Morgan fingerprint density at radius 3 is 2.64 bits per heavy atom. The number of nitrogens with zero attached hydrogens (tertiary/aromatic N) is 2. The van der Waals surface area contributed by atoms with E-state index in [4.69, 9.17) is 9.47 Å². The zero-order valence-corrected chi connectivity index (χ0v) is 14.3. The van der Waals surface area contributed by atoms with Gasteiger partial charge in [0, 0.05) is 26.1 Å². The quantitative estimate of drug-likeness (QED) is 0.730. The molecule has 0 aromatic heterocycles. The van der Waals surface area contributed by atoms with Gasteiger partial charge in [-0.2, -0.15) is 0 Å². The Labute approximate surface area is 132 Å². The molecule has 0 aromatic carbocycles. The Bertz CT molecular complexity index is 432. The van der Waals surface area contributed by atoms with E-state index in [1.54, 1.807) is 11.9 Å². The number of rotatable bonds is 2. The maximum absolute atomic E-state index is 12.2. The molecule has 2 saturated heterocycles. The third-order valence-electron chi connectivity index (χ3n) is 4.24. The van der Waals surface area contributed by atoms with Crippen molar-refractivity contribution in [2.75, 3.05) is 20.1 Å². The van der Waals surface area contributed by atoms with Crippen LogP contribution in [0.5, 0.6) is 0 Å². The van der Waals surface area contributed by atoms with E-state index in [-0.39, 0.29) is 30.3 Å². The molecule has 6 heteroatoms. The molecule has 2 rings (SSSR count). The van der Waals surface area contributed by atoms with E-state index in [0.29, 0.717) is 6.54 Å². The molecule has 0 aliphatic carbocycles. The van der Waals surface area contributed by atoms with Crippen molar-refractivity contribution in [2.24, 2.45) is 0 Å². The summed E-state index contributed by atoms with van der Waals surface area (Å²) in [5.74, 6) is -0.131. The van der Waals surface area contributed by atoms with Crippen LogP contribution < -0.4 is 0 Å². The Balaban J connectivity index is 1.95. The van der Waals surface area contributed by atoms with Crippen molar-refractivity contribution in [2.45, 2.75) is 70.7 Å². The highest BCUT2D eigenvalue weighted by molar-refractivity contribution is 5.78. The average molecular weight is 312 g/mol. The molecule has 22 heavy (non-hydrogen) atoms. The van der Waals surface area contributed by atoms with Gasteiger partial charge in [-0.05, 0) is 47.1 Å². The Morgan fingerprint density at radius 1 is 1.41 bits per heavy atom. The molecule has 2 fully saturated rings. The predicted molar refractivity (Wildman–Crippen MR) is 82.6 cm³/mol. The van der Waals surface area contributed by atoms with Gasteiger partial charge in [-0.1, -0.05) is 0 Å². The molecule has 0 spiro atoms. The maximum Gasteiger partial charge on any atom is 0.410 e. The lowest BCUT2D eigenvalue weighted by Crippen LogP contribution is -2.53. The standard InChI is InChI=1S/C16H28N2O4/c1-11-9-13(14(19)21-11)18-8-6-7-12(10-18)17(5)15(20)22-16(2,3)4/h11-13H,6-10H2,1-5H3/t11-,12+,13+/m0/s1. The minimum atomic E-state index is -0.496. The van der Waals surface area contributed by atoms with E-state index in [0.717, 1.165) is 25.8 Å². The number of ether oxygens (including phenoxy) is 2. The number of amides is 1. The third kappa shape index (κ3) is 4.12. The van der Waals surface area contributed by atoms with E-state index in [1.165, 1.54) is 0 Å². The third-order valence-corrected chi connectivity index (χ3v) is 4.24. The first-order valence-electron chi connectivity index (χ1n) is 8.08. The summed E-state index contributed by atoms with van der Waals surface area (Å²) in [5.41, 5.74) is -0.496. The van der Waals surface area contributed by atoms with E-state index in [1.807, 2.05) is 27.7 Å². The fourth-order valence-electron chi connectivity index (χ4n) is 3.10. The molecule has 3 atom stereocenters. The summed E-state index contributed by atoms with van der Waals surface area (Å²) in [6.07, 6.45) is 2.32. The Hall–Kier alpha value is -1.30. The van der Waals surface area contributed by atoms with Crippen molar-refractivity contribution in [1.82, 2.24) is 9.80 Å². The Morgan fingerprint density at radius 2 is 2.09 bits per heavy atom. The van der Waals surface area contributed by atoms with Crippen LogP contribution in [0.25, 0.3) is 0 Å². The monoisotopic (exact) mass is 312 g/mol. The molecule has 2 heterocycles. The fourth-order valence-corrected chi connectivity index (χ4v) is 3.10. The number of cyclic esters (lactones) is 1. The highest BCUT2D eigenvalue weighted by Gasteiger charge is 2.39. The van der Waals surface area contributed by atoms with Gasteiger partial charge >= 0.3 is 12.1 Å². The van der Waals surface area contributed by atoms with Crippen LogP contribution in [-0.2, 0) is 14.3 Å². The first-order chi connectivity index (χ1) is 10.2. The average Bonchev–Trinajstić information content (AvgIpc) is 2.75. The van der Waals surface area contributed by atoms with E-state index >= 15 is 0 Å². The normalized spacial score (nSPS) is 30.0. The number of piperidine rings is 1. The molecule has 0 aromatic rings. The lowest BCUT2D eigenvalue weighted by molar-refractivity contribution is -0.145. The number of carbonyl (C=O) groups excluding carboxylic acids is 2. The summed E-state index contributed by atoms with van der Waals surface area (Å²) >= 11 is 0. The van der Waals surface area contributed by atoms with Gasteiger partial charge in [0.2, 0.25) is 0 Å². The summed E-state index contributed by atoms with van der Waals surface area (Å²) in [4.78, 5) is 27.9. The van der Waals surface area contributed by atoms with Gasteiger partial charge in [0.15, 0.2) is 0 Å². The molecule has 2 aliphatic heterocycles. The fraction of sp³-hybridized carbons (Fsp3) is 0.875. The van der Waals surface area contributed by atoms with E-state index < -0.39 is 5.60 Å². The molecule has 6 nitrogen and oxygen atoms in total. The van der Waals surface area contributed by atoms with Crippen molar-refractivity contribution in [3.8, 4) is 0 Å². The highest BCUT2D eigenvalue weighted by Crippen LogP contribution is 2.25. The molecule has 0 saturated carbocycles. The van der Waals surface area contributed by atoms with Crippen LogP contribution in [0.15, 0.2) is 0 Å². The largest absolute Gasteiger partial charge is 0.461 e. The van der Waals surface area contributed by atoms with Crippen LogP contribution in [0, 0.1) is 0 Å². The molecule has 126 valence electrons. The minimum Gasteiger partial charge on any atom is -0.461 e. The number of likely N-dealkylation sites (tertiary alicyclic amines) is 1. The first-order valence-corrected chi connectivity index (χ1v) is 8.08. The van der Waals surface area contributed by atoms with Crippen LogP contribution in [0.2, 0.25) is 0 Å². The number of hydrogen-bond donors (Lipinski definition) is 0. The van der Waals surface area contributed by atoms with Gasteiger partial charge in [0.25, 0.3) is 0 Å². The molecule has 0 radical (unpaired) electrons. The van der Waals surface area contributed by atoms with Gasteiger partial charge in [0.1, 0.15) is 17.7 Å². The van der Waals surface area contributed by atoms with Crippen LogP contribution >= 0.6 is 0 Å². The molecular weight excluding hydrogens is 284 g/mol. The number of carbonyl (C=O) groups is 2. The summed E-state index contributed by atoms with van der Waals surface area (Å²) in [7, 11) is 1.78. The zero-order valence-electron chi connectivity index (χ0n) is 14.3. The predicted octanol–water partition coefficient (Wildman–Crippen LogP) is 2.02. The van der Waals surface area contributed by atoms with Crippen LogP contribution in [0.1, 0.15) is 47.0 Å². The lowest BCUT2D eigenvalue weighted by atomic mass is 10.0. The molecule has 2 aliphatic rings. The zero-order chi connectivity index (χ0) is 16.5. The summed E-state index contributed by atoms with van der Waals surface area (Å²) in [5, 5.41) is 0. The second kappa shape index (κ2) is 6.44. The number of hydrogen-bond acceptors (Lipinski definition) is 5. The highest BCUT2D eigenvalue weighted by atomic mass is 16.6. The second-order valence-corrected chi connectivity index (χ2v) is 7.38. The molecule has 1 amide bonds. The molecule has 0 bridgehead atoms. The summed E-state index contributed by atoms with van der Waals surface area (Å²) < 4.78 is 10.7. The first kappa shape index (κ1) is 17.1. The van der Waals surface area contributed by atoms with Crippen LogP contribution in [0.4, 0.5) is 4.79 Å². The van der Waals surface area contributed by atoms with Gasteiger partial charge in [0.05, 0.1) is 0 Å². The Kier molecular flexibility index (Phi) is 5.00. The van der Waals surface area contributed by atoms with Gasteiger partial charge < -0.3 is 14.4 Å². The molecule has 0 unspecified atom stereocenters. The van der Waals surface area contributed by atoms with Crippen LogP contribution in [0.3, 0.4) is 0 Å². The SMILES string of the molecule is C[C@H]1C[C@@H](N2CCC[C@@H](N(C)C(=O)OC(C)(C)C)C2)C(=O)O1. The van der Waals surface area contributed by atoms with Gasteiger partial charge in [-0.25, -0.2) is 4.79 Å².